The van der Waals surface area contributed by atoms with Crippen LogP contribution in [0.4, 0.5) is 0 Å². The first-order valence-electron chi connectivity index (χ1n) is 8.20. The molecule has 26 heavy (non-hydrogen) atoms. The van der Waals surface area contributed by atoms with Gasteiger partial charge in [0.15, 0.2) is 0 Å². The van der Waals surface area contributed by atoms with E-state index >= 15 is 0 Å². The molecule has 3 aromatic carbocycles. The second-order valence-corrected chi connectivity index (χ2v) is 7.63. The second kappa shape index (κ2) is 6.74. The molecule has 0 spiro atoms. The maximum atomic E-state index is 12.9. The third kappa shape index (κ3) is 3.24. The van der Waals surface area contributed by atoms with E-state index in [0.29, 0.717) is 5.82 Å². The van der Waals surface area contributed by atoms with E-state index in [1.165, 1.54) is 0 Å². The first-order valence-corrected chi connectivity index (χ1v) is 9.69. The molecule has 0 saturated heterocycles. The van der Waals surface area contributed by atoms with Crippen molar-refractivity contribution >= 4 is 21.1 Å². The number of benzene rings is 3. The first kappa shape index (κ1) is 16.5. The maximum Gasteiger partial charge on any atom is 0.241 e. The van der Waals surface area contributed by atoms with Crippen molar-refractivity contribution in [2.75, 3.05) is 0 Å². The lowest BCUT2D eigenvalue weighted by molar-refractivity contribution is 0.568. The summed E-state index contributed by atoms with van der Waals surface area (Å²) in [6, 6.07) is 24.7. The lowest BCUT2D eigenvalue weighted by Gasteiger charge is -2.17. The van der Waals surface area contributed by atoms with Gasteiger partial charge < -0.3 is 4.98 Å². The van der Waals surface area contributed by atoms with Gasteiger partial charge in [0.25, 0.3) is 0 Å². The number of nitrogens with zero attached hydrogens (tertiary/aromatic N) is 1. The Bertz CT molecular complexity index is 1090. The number of aromatic amines is 1. The highest BCUT2D eigenvalue weighted by atomic mass is 32.2. The van der Waals surface area contributed by atoms with Crippen LogP contribution >= 0.6 is 0 Å². The molecule has 2 N–H and O–H groups in total. The summed E-state index contributed by atoms with van der Waals surface area (Å²) in [6.45, 7) is 0. The Hall–Kier alpha value is -2.96. The molecule has 0 aliphatic heterocycles. The number of hydrogen-bond donors (Lipinski definition) is 2. The molecule has 0 radical (unpaired) electrons. The van der Waals surface area contributed by atoms with Crippen LogP contribution in [0.15, 0.2) is 89.8 Å². The Kier molecular flexibility index (Phi) is 4.28. The number of para-hydroxylation sites is 2. The highest BCUT2D eigenvalue weighted by Crippen LogP contribution is 2.24. The number of fused-ring (bicyclic) bond motifs is 1. The number of imidazole rings is 1. The van der Waals surface area contributed by atoms with Gasteiger partial charge in [0, 0.05) is 0 Å². The summed E-state index contributed by atoms with van der Waals surface area (Å²) < 4.78 is 28.5. The van der Waals surface area contributed by atoms with Gasteiger partial charge in [0.2, 0.25) is 10.0 Å². The van der Waals surface area contributed by atoms with E-state index in [-0.39, 0.29) is 4.90 Å². The van der Waals surface area contributed by atoms with Gasteiger partial charge in [0.1, 0.15) is 11.9 Å². The standard InChI is InChI=1S/C20H17N3O2S/c24-26(25,16-11-5-2-6-12-16)23-19(15-9-3-1-4-10-15)20-21-17-13-7-8-14-18(17)22-20/h1-14,19,23H,(H,21,22). The zero-order valence-electron chi connectivity index (χ0n) is 13.8. The quantitative estimate of drug-likeness (QED) is 0.568. The normalized spacial score (nSPS) is 12.9. The molecule has 0 aliphatic rings. The van der Waals surface area contributed by atoms with Crippen molar-refractivity contribution in [2.45, 2.75) is 10.9 Å². The van der Waals surface area contributed by atoms with Crippen molar-refractivity contribution in [3.05, 3.63) is 96.3 Å². The van der Waals surface area contributed by atoms with Crippen molar-refractivity contribution in [3.63, 3.8) is 0 Å². The molecule has 4 aromatic rings. The Labute approximate surface area is 151 Å². The maximum absolute atomic E-state index is 12.9. The predicted octanol–water partition coefficient (Wildman–Crippen LogP) is 3.63. The highest BCUT2D eigenvalue weighted by Gasteiger charge is 2.25. The largest absolute Gasteiger partial charge is 0.340 e. The zero-order chi connectivity index (χ0) is 18.0. The van der Waals surface area contributed by atoms with Crippen LogP contribution in [0.1, 0.15) is 17.4 Å². The van der Waals surface area contributed by atoms with Gasteiger partial charge in [0.05, 0.1) is 15.9 Å². The number of hydrogen-bond acceptors (Lipinski definition) is 3. The molecule has 1 unspecified atom stereocenters. The molecule has 0 aliphatic carbocycles. The number of aromatic nitrogens is 2. The zero-order valence-corrected chi connectivity index (χ0v) is 14.6. The molecule has 0 bridgehead atoms. The van der Waals surface area contributed by atoms with E-state index in [4.69, 9.17) is 0 Å². The molecule has 1 aromatic heterocycles. The molecule has 1 heterocycles. The lowest BCUT2D eigenvalue weighted by Crippen LogP contribution is -2.30. The minimum atomic E-state index is -3.70. The van der Waals surface area contributed by atoms with Crippen LogP contribution in [0.5, 0.6) is 0 Å². The number of rotatable bonds is 5. The van der Waals surface area contributed by atoms with Crippen LogP contribution in [0, 0.1) is 0 Å². The van der Waals surface area contributed by atoms with E-state index in [1.807, 2.05) is 54.6 Å². The fraction of sp³-hybridized carbons (Fsp3) is 0.0500. The predicted molar refractivity (Wildman–Crippen MR) is 101 cm³/mol. The van der Waals surface area contributed by atoms with Crippen LogP contribution in [-0.2, 0) is 10.0 Å². The monoisotopic (exact) mass is 363 g/mol. The minimum absolute atomic E-state index is 0.219. The van der Waals surface area contributed by atoms with Crippen LogP contribution < -0.4 is 4.72 Å². The van der Waals surface area contributed by atoms with Crippen LogP contribution in [0.2, 0.25) is 0 Å². The Morgan fingerprint density at radius 2 is 1.42 bits per heavy atom. The average molecular weight is 363 g/mol. The van der Waals surface area contributed by atoms with Gasteiger partial charge >= 0.3 is 0 Å². The van der Waals surface area contributed by atoms with Gasteiger partial charge in [-0.15, -0.1) is 0 Å². The smallest absolute Gasteiger partial charge is 0.241 e. The van der Waals surface area contributed by atoms with E-state index in [9.17, 15) is 8.42 Å². The van der Waals surface area contributed by atoms with Gasteiger partial charge in [-0.25, -0.2) is 13.4 Å². The highest BCUT2D eigenvalue weighted by molar-refractivity contribution is 7.89. The third-order valence-corrected chi connectivity index (χ3v) is 5.58. The van der Waals surface area contributed by atoms with Gasteiger partial charge in [-0.2, -0.15) is 4.72 Å². The van der Waals surface area contributed by atoms with Crippen molar-refractivity contribution in [1.82, 2.24) is 14.7 Å². The molecule has 6 heteroatoms. The third-order valence-electron chi connectivity index (χ3n) is 4.14. The Balaban J connectivity index is 1.79. The summed E-state index contributed by atoms with van der Waals surface area (Å²) in [7, 11) is -3.70. The second-order valence-electron chi connectivity index (χ2n) is 5.92. The van der Waals surface area contributed by atoms with Crippen LogP contribution in [0.25, 0.3) is 11.0 Å². The minimum Gasteiger partial charge on any atom is -0.340 e. The van der Waals surface area contributed by atoms with E-state index in [1.54, 1.807) is 30.3 Å². The summed E-state index contributed by atoms with van der Waals surface area (Å²) in [6.07, 6.45) is 0. The summed E-state index contributed by atoms with van der Waals surface area (Å²) in [4.78, 5) is 8.03. The molecule has 5 nitrogen and oxygen atoms in total. The Morgan fingerprint density at radius 3 is 2.12 bits per heavy atom. The van der Waals surface area contributed by atoms with Crippen LogP contribution in [0.3, 0.4) is 0 Å². The van der Waals surface area contributed by atoms with E-state index < -0.39 is 16.1 Å². The fourth-order valence-electron chi connectivity index (χ4n) is 2.86. The lowest BCUT2D eigenvalue weighted by atomic mass is 10.1. The summed E-state index contributed by atoms with van der Waals surface area (Å²) in [5, 5.41) is 0. The van der Waals surface area contributed by atoms with Gasteiger partial charge in [-0.3, -0.25) is 0 Å². The number of sulfonamides is 1. The molecule has 130 valence electrons. The van der Waals surface area contributed by atoms with Crippen LogP contribution in [-0.4, -0.2) is 18.4 Å². The molecule has 0 amide bonds. The Morgan fingerprint density at radius 1 is 0.808 bits per heavy atom. The van der Waals surface area contributed by atoms with Crippen molar-refractivity contribution < 1.29 is 8.42 Å². The molecular weight excluding hydrogens is 346 g/mol. The van der Waals surface area contributed by atoms with Crippen molar-refractivity contribution in [1.29, 1.82) is 0 Å². The van der Waals surface area contributed by atoms with Gasteiger partial charge in [-0.05, 0) is 29.8 Å². The SMILES string of the molecule is O=S(=O)(NC(c1ccccc1)c1nc2ccccc2[nH]1)c1ccccc1. The number of H-pyrrole nitrogens is 1. The van der Waals surface area contributed by atoms with E-state index in [2.05, 4.69) is 14.7 Å². The fourth-order valence-corrected chi connectivity index (χ4v) is 4.07. The van der Waals surface area contributed by atoms with E-state index in [0.717, 1.165) is 16.6 Å². The molecule has 4 rings (SSSR count). The summed E-state index contributed by atoms with van der Waals surface area (Å²) in [5.41, 5.74) is 2.47. The molecule has 1 atom stereocenters. The number of nitrogens with one attached hydrogen (secondary N) is 2. The topological polar surface area (TPSA) is 74.8 Å². The van der Waals surface area contributed by atoms with Crippen molar-refractivity contribution in [3.8, 4) is 0 Å². The average Bonchev–Trinajstić information content (AvgIpc) is 3.11. The summed E-state index contributed by atoms with van der Waals surface area (Å²) >= 11 is 0. The molecular formula is C20H17N3O2S. The summed E-state index contributed by atoms with van der Waals surface area (Å²) in [5.74, 6) is 0.553. The molecule has 0 fully saturated rings. The van der Waals surface area contributed by atoms with Crippen molar-refractivity contribution in [2.24, 2.45) is 0 Å². The van der Waals surface area contributed by atoms with Gasteiger partial charge in [-0.1, -0.05) is 60.7 Å². The first-order chi connectivity index (χ1) is 12.6. The molecule has 0 saturated carbocycles.